The summed E-state index contributed by atoms with van der Waals surface area (Å²) >= 11 is 0. The van der Waals surface area contributed by atoms with Crippen molar-refractivity contribution in [3.05, 3.63) is 102 Å². The molecule has 1 aliphatic rings. The van der Waals surface area contributed by atoms with Crippen LogP contribution in [0.5, 0.6) is 0 Å². The van der Waals surface area contributed by atoms with Crippen molar-refractivity contribution >= 4 is 26.8 Å². The lowest BCUT2D eigenvalue weighted by molar-refractivity contribution is 0.602. The quantitative estimate of drug-likeness (QED) is 0.257. The van der Waals surface area contributed by atoms with Gasteiger partial charge in [0.2, 0.25) is 0 Å². The molecule has 4 aromatic carbocycles. The van der Waals surface area contributed by atoms with Gasteiger partial charge in [-0.3, -0.25) is 4.40 Å². The van der Waals surface area contributed by atoms with E-state index < -0.39 is 9.84 Å². The van der Waals surface area contributed by atoms with Crippen LogP contribution in [0.4, 0.5) is 0 Å². The third-order valence-electron chi connectivity index (χ3n) is 7.57. The number of aromatic nitrogens is 2. The summed E-state index contributed by atoms with van der Waals surface area (Å²) < 4.78 is 32.3. The molecule has 0 fully saturated rings. The third kappa shape index (κ3) is 3.15. The fourth-order valence-corrected chi connectivity index (χ4v) is 6.33. The Labute approximate surface area is 214 Å². The molecular formula is C31H24N2O3S. The first kappa shape index (κ1) is 22.1. The van der Waals surface area contributed by atoms with Gasteiger partial charge in [0.1, 0.15) is 5.69 Å². The smallest absolute Gasteiger partial charge is 0.307 e. The van der Waals surface area contributed by atoms with Crippen molar-refractivity contribution in [3.8, 4) is 33.6 Å². The molecule has 0 radical (unpaired) electrons. The molecule has 2 heterocycles. The summed E-state index contributed by atoms with van der Waals surface area (Å²) in [5, 5.41) is 0. The number of fused-ring (bicyclic) bond motifs is 6. The SMILES string of the molecule is CC1(C)c2ccccc2-c2ccc(-c3nc4oc5ccccc5n4c3-c3ccc(S(C)(=O)=O)cc3)cc21. The molecule has 2 aromatic heterocycles. The summed E-state index contributed by atoms with van der Waals surface area (Å²) in [4.78, 5) is 5.25. The van der Waals surface area contributed by atoms with Gasteiger partial charge in [0.05, 0.1) is 16.1 Å². The molecule has 0 atom stereocenters. The van der Waals surface area contributed by atoms with E-state index in [0.717, 1.165) is 33.6 Å². The van der Waals surface area contributed by atoms with Crippen LogP contribution in [0, 0.1) is 0 Å². The second-order valence-electron chi connectivity index (χ2n) is 10.2. The number of oxazole rings is 1. The van der Waals surface area contributed by atoms with Gasteiger partial charge in [0.25, 0.3) is 0 Å². The minimum absolute atomic E-state index is 0.134. The molecular weight excluding hydrogens is 480 g/mol. The molecule has 0 N–H and O–H groups in total. The number of rotatable bonds is 3. The zero-order valence-electron chi connectivity index (χ0n) is 20.7. The van der Waals surface area contributed by atoms with Gasteiger partial charge >= 0.3 is 5.84 Å². The summed E-state index contributed by atoms with van der Waals surface area (Å²) in [6.07, 6.45) is 1.22. The Kier molecular flexibility index (Phi) is 4.43. The Bertz CT molecular complexity index is 1980. The van der Waals surface area contributed by atoms with E-state index in [1.807, 2.05) is 40.8 Å². The Balaban J connectivity index is 1.49. The number of imidazole rings is 1. The van der Waals surface area contributed by atoms with E-state index in [4.69, 9.17) is 9.40 Å². The second-order valence-corrected chi connectivity index (χ2v) is 12.2. The zero-order valence-corrected chi connectivity index (χ0v) is 21.5. The van der Waals surface area contributed by atoms with Crippen molar-refractivity contribution in [2.75, 3.05) is 6.26 Å². The van der Waals surface area contributed by atoms with Gasteiger partial charge in [-0.05, 0) is 52.6 Å². The monoisotopic (exact) mass is 504 g/mol. The molecule has 182 valence electrons. The molecule has 37 heavy (non-hydrogen) atoms. The maximum atomic E-state index is 12.1. The fraction of sp³-hybridized carbons (Fsp3) is 0.129. The predicted molar refractivity (Wildman–Crippen MR) is 147 cm³/mol. The van der Waals surface area contributed by atoms with Crippen molar-refractivity contribution in [2.45, 2.75) is 24.2 Å². The van der Waals surface area contributed by atoms with Gasteiger partial charge in [-0.1, -0.05) is 74.5 Å². The van der Waals surface area contributed by atoms with Crippen molar-refractivity contribution in [1.29, 1.82) is 0 Å². The number of sulfone groups is 1. The summed E-state index contributed by atoms with van der Waals surface area (Å²) in [5.74, 6) is 0.501. The molecule has 0 bridgehead atoms. The van der Waals surface area contributed by atoms with Crippen LogP contribution in [-0.2, 0) is 15.3 Å². The van der Waals surface area contributed by atoms with E-state index in [9.17, 15) is 8.42 Å². The van der Waals surface area contributed by atoms with E-state index in [-0.39, 0.29) is 10.3 Å². The van der Waals surface area contributed by atoms with Crippen LogP contribution >= 0.6 is 0 Å². The highest BCUT2D eigenvalue weighted by atomic mass is 32.2. The molecule has 0 aliphatic heterocycles. The first-order valence-corrected chi connectivity index (χ1v) is 14.1. The molecule has 0 saturated carbocycles. The Morgan fingerprint density at radius 2 is 1.46 bits per heavy atom. The fourth-order valence-electron chi connectivity index (χ4n) is 5.70. The van der Waals surface area contributed by atoms with Crippen LogP contribution in [0.1, 0.15) is 25.0 Å². The number of hydrogen-bond donors (Lipinski definition) is 0. The number of nitrogens with zero attached hydrogens (tertiary/aromatic N) is 2. The highest BCUT2D eigenvalue weighted by Crippen LogP contribution is 2.50. The third-order valence-corrected chi connectivity index (χ3v) is 8.70. The standard InChI is InChI=1S/C31H24N2O3S/c1-31(2)24-9-5-4-8-22(24)23-17-14-20(18-25(23)31)28-29(19-12-15-21(16-13-19)37(3,34)35)33-26-10-6-7-11-27(26)36-30(33)32-28/h4-18H,1-3H3. The molecule has 6 aromatic rings. The second kappa shape index (κ2) is 7.43. The molecule has 7 rings (SSSR count). The Hall–Kier alpha value is -4.16. The average molecular weight is 505 g/mol. The lowest BCUT2D eigenvalue weighted by Gasteiger charge is -2.21. The zero-order chi connectivity index (χ0) is 25.5. The highest BCUT2D eigenvalue weighted by molar-refractivity contribution is 7.90. The molecule has 6 heteroatoms. The predicted octanol–water partition coefficient (Wildman–Crippen LogP) is 7.12. The molecule has 0 unspecified atom stereocenters. The largest absolute Gasteiger partial charge is 0.423 e. The maximum Gasteiger partial charge on any atom is 0.307 e. The number of para-hydroxylation sites is 2. The molecule has 0 amide bonds. The van der Waals surface area contributed by atoms with Gasteiger partial charge in [0.15, 0.2) is 15.4 Å². The first-order chi connectivity index (χ1) is 17.7. The van der Waals surface area contributed by atoms with E-state index >= 15 is 0 Å². The van der Waals surface area contributed by atoms with Gasteiger partial charge in [0, 0.05) is 22.8 Å². The first-order valence-electron chi connectivity index (χ1n) is 12.2. The van der Waals surface area contributed by atoms with Crippen molar-refractivity contribution in [1.82, 2.24) is 9.38 Å². The minimum atomic E-state index is -3.30. The van der Waals surface area contributed by atoms with Crippen molar-refractivity contribution in [2.24, 2.45) is 0 Å². The number of benzene rings is 4. The Morgan fingerprint density at radius 3 is 2.24 bits per heavy atom. The normalized spacial score (nSPS) is 14.2. The molecule has 0 spiro atoms. The molecule has 0 saturated heterocycles. The summed E-state index contributed by atoms with van der Waals surface area (Å²) in [6, 6.07) is 30.0. The van der Waals surface area contributed by atoms with Crippen LogP contribution in [0.2, 0.25) is 0 Å². The van der Waals surface area contributed by atoms with E-state index in [1.165, 1.54) is 28.5 Å². The summed E-state index contributed by atoms with van der Waals surface area (Å²) in [7, 11) is -3.30. The Morgan fingerprint density at radius 1 is 0.784 bits per heavy atom. The van der Waals surface area contributed by atoms with Gasteiger partial charge in [-0.2, -0.15) is 4.98 Å². The van der Waals surface area contributed by atoms with E-state index in [0.29, 0.717) is 5.84 Å². The van der Waals surface area contributed by atoms with E-state index in [1.54, 1.807) is 12.1 Å². The highest BCUT2D eigenvalue weighted by Gasteiger charge is 2.35. The van der Waals surface area contributed by atoms with Gasteiger partial charge in [-0.15, -0.1) is 0 Å². The van der Waals surface area contributed by atoms with E-state index in [2.05, 4.69) is 56.3 Å². The lowest BCUT2D eigenvalue weighted by Crippen LogP contribution is -2.14. The molecule has 1 aliphatic carbocycles. The van der Waals surface area contributed by atoms with Crippen molar-refractivity contribution in [3.63, 3.8) is 0 Å². The minimum Gasteiger partial charge on any atom is -0.423 e. The van der Waals surface area contributed by atoms with Crippen LogP contribution in [0.3, 0.4) is 0 Å². The summed E-state index contributed by atoms with van der Waals surface area (Å²) in [5.41, 5.74) is 10.1. The topological polar surface area (TPSA) is 64.6 Å². The summed E-state index contributed by atoms with van der Waals surface area (Å²) in [6.45, 7) is 4.53. The number of hydrogen-bond acceptors (Lipinski definition) is 4. The van der Waals surface area contributed by atoms with Crippen LogP contribution in [-0.4, -0.2) is 24.1 Å². The molecule has 5 nitrogen and oxygen atoms in total. The maximum absolute atomic E-state index is 12.1. The lowest BCUT2D eigenvalue weighted by atomic mass is 9.82. The van der Waals surface area contributed by atoms with Gasteiger partial charge in [-0.25, -0.2) is 8.42 Å². The van der Waals surface area contributed by atoms with Crippen molar-refractivity contribution < 1.29 is 12.8 Å². The van der Waals surface area contributed by atoms with Crippen LogP contribution < -0.4 is 0 Å². The average Bonchev–Trinajstić information content (AvgIpc) is 3.50. The van der Waals surface area contributed by atoms with Crippen LogP contribution in [0.25, 0.3) is 50.6 Å². The van der Waals surface area contributed by atoms with Crippen LogP contribution in [0.15, 0.2) is 100 Å². The van der Waals surface area contributed by atoms with Gasteiger partial charge < -0.3 is 4.42 Å².